The second kappa shape index (κ2) is 8.87. The van der Waals surface area contributed by atoms with Gasteiger partial charge >= 0.3 is 6.36 Å². The first-order valence-electron chi connectivity index (χ1n) is 8.41. The molecule has 1 saturated heterocycles. The Morgan fingerprint density at radius 2 is 1.73 bits per heavy atom. The third-order valence-electron chi connectivity index (χ3n) is 4.17. The van der Waals surface area contributed by atoms with Crippen LogP contribution >= 0.6 is 11.3 Å². The maximum atomic E-state index is 12.7. The molecule has 2 aromatic rings. The van der Waals surface area contributed by atoms with Crippen LogP contribution in [0.5, 0.6) is 5.75 Å². The number of piperazine rings is 1. The number of nitrogens with zero attached hydrogens (tertiary/aromatic N) is 3. The lowest BCUT2D eigenvalue weighted by molar-refractivity contribution is -0.274. The van der Waals surface area contributed by atoms with Crippen LogP contribution < -0.4 is 9.46 Å². The van der Waals surface area contributed by atoms with Crippen LogP contribution in [-0.2, 0) is 10.9 Å². The second-order valence-electron chi connectivity index (χ2n) is 6.09. The predicted octanol–water partition coefficient (Wildman–Crippen LogP) is 1.58. The molecule has 0 bridgehead atoms. The van der Waals surface area contributed by atoms with E-state index in [4.69, 9.17) is 0 Å². The van der Waals surface area contributed by atoms with Gasteiger partial charge in [0.05, 0.1) is 11.2 Å². The summed E-state index contributed by atoms with van der Waals surface area (Å²) in [6, 6.07) is 3.03. The predicted molar refractivity (Wildman–Crippen MR) is 101 cm³/mol. The van der Waals surface area contributed by atoms with Gasteiger partial charge in [0.1, 0.15) is 5.69 Å². The molecule has 0 spiro atoms. The Balaban J connectivity index is 1.72. The third-order valence-corrected chi connectivity index (χ3v) is 5.18. The number of halogens is 3. The number of hydrogen-bond acceptors (Lipinski definition) is 7. The number of nitrogens with one attached hydrogen (secondary N) is 1. The van der Waals surface area contributed by atoms with Gasteiger partial charge in [0.25, 0.3) is 11.8 Å². The molecule has 0 saturated carbocycles. The quantitative estimate of drug-likeness (QED) is 0.651. The maximum absolute atomic E-state index is 12.7. The molecule has 1 aliphatic heterocycles. The summed E-state index contributed by atoms with van der Waals surface area (Å²) in [5, 5.41) is 1.62. The molecule has 3 rings (SSSR count). The molecule has 0 unspecified atom stereocenters. The number of aromatic nitrogens is 1. The molecule has 0 aliphatic carbocycles. The number of alkyl halides is 3. The fourth-order valence-electron chi connectivity index (χ4n) is 2.83. The van der Waals surface area contributed by atoms with Crippen molar-refractivity contribution >= 4 is 39.7 Å². The summed E-state index contributed by atoms with van der Waals surface area (Å²) in [6.45, 7) is 0.835. The summed E-state index contributed by atoms with van der Waals surface area (Å²) in [5.74, 6) is -1.67. The maximum Gasteiger partial charge on any atom is 0.573 e. The summed E-state index contributed by atoms with van der Waals surface area (Å²) in [7, 11) is -3.23. The van der Waals surface area contributed by atoms with E-state index in [0.29, 0.717) is 5.69 Å². The number of thiazole rings is 1. The number of carbonyl (C=O) groups excluding carboxylic acids is 2. The van der Waals surface area contributed by atoms with Gasteiger partial charge in [-0.3, -0.25) is 14.3 Å². The van der Waals surface area contributed by atoms with Crippen molar-refractivity contribution < 1.29 is 35.9 Å². The smallest absolute Gasteiger partial charge is 0.404 e. The normalized spacial score (nSPS) is 14.7. The summed E-state index contributed by atoms with van der Waals surface area (Å²) in [6.07, 6.45) is -5.08. The van der Waals surface area contributed by atoms with E-state index in [2.05, 4.69) is 9.72 Å². The van der Waals surface area contributed by atoms with Crippen LogP contribution in [0.4, 0.5) is 18.9 Å². The van der Waals surface area contributed by atoms with Gasteiger partial charge in [-0.2, -0.15) is 0 Å². The molecular weight excluding hydrogens is 449 g/mol. The topological polar surface area (TPSA) is 109 Å². The highest BCUT2D eigenvalue weighted by Crippen LogP contribution is 2.32. The molecule has 2 heterocycles. The third kappa shape index (κ3) is 5.38. The van der Waals surface area contributed by atoms with Crippen LogP contribution in [0.3, 0.4) is 0 Å². The number of anilines is 1. The van der Waals surface area contributed by atoms with Crippen LogP contribution in [0.2, 0.25) is 0 Å². The fraction of sp³-hybridized carbons (Fsp3) is 0.312. The Hall–Kier alpha value is -2.87. The Kier molecular flexibility index (Phi) is 6.45. The minimum atomic E-state index is -5.08. The van der Waals surface area contributed by atoms with E-state index >= 15 is 0 Å². The summed E-state index contributed by atoms with van der Waals surface area (Å²) in [4.78, 5) is 31.9. The molecule has 1 aliphatic rings. The average molecular weight is 464 g/mol. The fourth-order valence-corrected chi connectivity index (χ4v) is 3.74. The average Bonchev–Trinajstić information content (AvgIpc) is 3.21. The summed E-state index contributed by atoms with van der Waals surface area (Å²) in [5.41, 5.74) is 1.29. The summed E-state index contributed by atoms with van der Waals surface area (Å²) < 4.78 is 65.2. The highest BCUT2D eigenvalue weighted by atomic mass is 32.2. The van der Waals surface area contributed by atoms with E-state index in [1.807, 2.05) is 4.72 Å². The van der Waals surface area contributed by atoms with Gasteiger partial charge in [0.2, 0.25) is 10.9 Å². The van der Waals surface area contributed by atoms with Gasteiger partial charge in [-0.15, -0.1) is 24.5 Å². The largest absolute Gasteiger partial charge is 0.573 e. The molecule has 1 N–H and O–H groups in total. The zero-order valence-corrected chi connectivity index (χ0v) is 16.8. The number of thiol groups is 1. The summed E-state index contributed by atoms with van der Waals surface area (Å²) >= 11 is 1.29. The van der Waals surface area contributed by atoms with Gasteiger partial charge in [0, 0.05) is 37.1 Å². The van der Waals surface area contributed by atoms with E-state index in [-0.39, 0.29) is 37.6 Å². The standard InChI is InChI=1S/C16H15F3N4O5S2/c17-16(18,19)28-13-7-10(1-2-11(13)21-30(26)27)14(24)22-3-5-23(6-4-22)15(25)12-8-29-9-20-12/h1-2,7-9,30H,3-6H2,(H,21,26,27). The van der Waals surface area contributed by atoms with Crippen LogP contribution in [-0.4, -0.2) is 67.6 Å². The van der Waals surface area contributed by atoms with Crippen molar-refractivity contribution in [1.82, 2.24) is 14.8 Å². The molecular formula is C16H15F3N4O5S2. The van der Waals surface area contributed by atoms with Gasteiger partial charge in [-0.25, -0.2) is 13.4 Å². The van der Waals surface area contributed by atoms with Crippen molar-refractivity contribution in [1.29, 1.82) is 0 Å². The van der Waals surface area contributed by atoms with Crippen LogP contribution in [0.1, 0.15) is 20.8 Å². The number of ether oxygens (including phenoxy) is 1. The van der Waals surface area contributed by atoms with Crippen molar-refractivity contribution in [2.24, 2.45) is 0 Å². The lowest BCUT2D eigenvalue weighted by Gasteiger charge is -2.34. The molecule has 162 valence electrons. The number of amides is 2. The van der Waals surface area contributed by atoms with Crippen molar-refractivity contribution in [2.45, 2.75) is 6.36 Å². The molecule has 1 fully saturated rings. The van der Waals surface area contributed by atoms with E-state index in [9.17, 15) is 31.2 Å². The van der Waals surface area contributed by atoms with Crippen molar-refractivity contribution in [3.05, 3.63) is 40.3 Å². The molecule has 1 aromatic carbocycles. The number of benzene rings is 1. The SMILES string of the molecule is O=C(c1ccc(N[SH](=O)=O)c(OC(F)(F)F)c1)N1CCN(C(=O)c2cscn2)CC1. The molecule has 14 heteroatoms. The lowest BCUT2D eigenvalue weighted by Crippen LogP contribution is -2.50. The van der Waals surface area contributed by atoms with Crippen molar-refractivity contribution in [2.75, 3.05) is 30.9 Å². The highest BCUT2D eigenvalue weighted by molar-refractivity contribution is 7.73. The number of carbonyl (C=O) groups is 2. The van der Waals surface area contributed by atoms with Crippen LogP contribution in [0.15, 0.2) is 29.1 Å². The molecule has 30 heavy (non-hydrogen) atoms. The first kappa shape index (κ1) is 21.8. The van der Waals surface area contributed by atoms with E-state index in [1.165, 1.54) is 32.7 Å². The Morgan fingerprint density at radius 1 is 1.10 bits per heavy atom. The van der Waals surface area contributed by atoms with Crippen molar-refractivity contribution in [3.8, 4) is 5.75 Å². The Labute approximate surface area is 174 Å². The highest BCUT2D eigenvalue weighted by Gasteiger charge is 2.33. The van der Waals surface area contributed by atoms with Gasteiger partial charge in [0.15, 0.2) is 5.75 Å². The zero-order valence-electron chi connectivity index (χ0n) is 15.1. The molecule has 2 amide bonds. The van der Waals surface area contributed by atoms with Gasteiger partial charge in [-0.1, -0.05) is 0 Å². The minimum Gasteiger partial charge on any atom is -0.404 e. The number of hydrogen-bond donors (Lipinski definition) is 2. The first-order chi connectivity index (χ1) is 14.1. The first-order valence-corrected chi connectivity index (χ1v) is 10.5. The monoisotopic (exact) mass is 464 g/mol. The molecule has 0 atom stereocenters. The lowest BCUT2D eigenvalue weighted by atomic mass is 10.1. The second-order valence-corrected chi connectivity index (χ2v) is 7.54. The van der Waals surface area contributed by atoms with Gasteiger partial charge in [-0.05, 0) is 18.2 Å². The van der Waals surface area contributed by atoms with E-state index < -0.39 is 34.6 Å². The minimum absolute atomic E-state index is 0.111. The van der Waals surface area contributed by atoms with Crippen LogP contribution in [0.25, 0.3) is 0 Å². The van der Waals surface area contributed by atoms with Gasteiger partial charge < -0.3 is 14.5 Å². The Bertz CT molecular complexity index is 995. The van der Waals surface area contributed by atoms with E-state index in [1.54, 1.807) is 5.38 Å². The molecule has 9 nitrogen and oxygen atoms in total. The zero-order chi connectivity index (χ0) is 21.9. The van der Waals surface area contributed by atoms with Crippen LogP contribution in [0, 0.1) is 0 Å². The molecule has 1 aromatic heterocycles. The molecule has 0 radical (unpaired) electrons. The Morgan fingerprint density at radius 3 is 2.27 bits per heavy atom. The van der Waals surface area contributed by atoms with E-state index in [0.717, 1.165) is 12.1 Å². The van der Waals surface area contributed by atoms with Crippen molar-refractivity contribution in [3.63, 3.8) is 0 Å². The number of rotatable bonds is 5.